The first kappa shape index (κ1) is 24.1. The van der Waals surface area contributed by atoms with E-state index in [-0.39, 0.29) is 16.6 Å². The van der Waals surface area contributed by atoms with Crippen molar-refractivity contribution in [3.63, 3.8) is 0 Å². The molecule has 4 rings (SSSR count). The molecule has 2 atom stereocenters. The van der Waals surface area contributed by atoms with Gasteiger partial charge in [0.05, 0.1) is 17.3 Å². The summed E-state index contributed by atoms with van der Waals surface area (Å²) in [6.07, 6.45) is -2.23. The van der Waals surface area contributed by atoms with Crippen molar-refractivity contribution < 1.29 is 23.9 Å². The Hall–Kier alpha value is -3.03. The molecule has 9 heteroatoms. The van der Waals surface area contributed by atoms with Gasteiger partial charge in [0.2, 0.25) is 0 Å². The first-order valence-corrected chi connectivity index (χ1v) is 11.4. The van der Waals surface area contributed by atoms with Crippen LogP contribution in [-0.4, -0.2) is 29.7 Å². The highest BCUT2D eigenvalue weighted by Gasteiger charge is 2.62. The number of cyclic esters (lactones) is 1. The van der Waals surface area contributed by atoms with E-state index in [1.54, 1.807) is 37.8 Å². The topological polar surface area (TPSA) is 84.9 Å². The third kappa shape index (κ3) is 4.03. The van der Waals surface area contributed by atoms with Gasteiger partial charge in [0, 0.05) is 5.56 Å². The second kappa shape index (κ2) is 8.64. The van der Waals surface area contributed by atoms with E-state index in [2.05, 4.69) is 5.32 Å². The van der Waals surface area contributed by atoms with Gasteiger partial charge in [-0.05, 0) is 38.8 Å². The van der Waals surface area contributed by atoms with Crippen molar-refractivity contribution in [3.8, 4) is 0 Å². The highest BCUT2D eigenvalue weighted by atomic mass is 35.5. The van der Waals surface area contributed by atoms with Gasteiger partial charge in [-0.2, -0.15) is 0 Å². The normalized spacial score (nSPS) is 22.1. The third-order valence-corrected chi connectivity index (χ3v) is 6.48. The van der Waals surface area contributed by atoms with E-state index in [4.69, 9.17) is 32.7 Å². The largest absolute Gasteiger partial charge is 0.449 e. The van der Waals surface area contributed by atoms with Crippen LogP contribution in [0.3, 0.4) is 0 Å². The minimum Gasteiger partial charge on any atom is -0.449 e. The molecule has 0 saturated heterocycles. The smallest absolute Gasteiger partial charge is 0.408 e. The lowest BCUT2D eigenvalue weighted by Crippen LogP contribution is -2.60. The van der Waals surface area contributed by atoms with Crippen LogP contribution in [0.2, 0.25) is 0 Å². The van der Waals surface area contributed by atoms with Gasteiger partial charge in [0.15, 0.2) is 11.6 Å². The zero-order valence-electron chi connectivity index (χ0n) is 19.1. The average molecular weight is 503 g/mol. The van der Waals surface area contributed by atoms with Gasteiger partial charge >= 0.3 is 12.1 Å². The van der Waals surface area contributed by atoms with Gasteiger partial charge in [-0.15, -0.1) is 0 Å². The van der Waals surface area contributed by atoms with Crippen molar-refractivity contribution in [1.82, 2.24) is 5.32 Å². The van der Waals surface area contributed by atoms with Crippen molar-refractivity contribution in [2.45, 2.75) is 51.5 Å². The Morgan fingerprint density at radius 3 is 2.38 bits per heavy atom. The molecule has 2 heterocycles. The lowest BCUT2D eigenvalue weighted by atomic mass is 9.84. The fourth-order valence-electron chi connectivity index (χ4n) is 4.29. The highest BCUT2D eigenvalue weighted by molar-refractivity contribution is 6.49. The van der Waals surface area contributed by atoms with Gasteiger partial charge in [0.25, 0.3) is 5.91 Å². The van der Waals surface area contributed by atoms with Crippen molar-refractivity contribution >= 4 is 46.9 Å². The molecule has 7 nitrogen and oxygen atoms in total. The summed E-state index contributed by atoms with van der Waals surface area (Å²) in [6, 6.07) is 14.7. The van der Waals surface area contributed by atoms with E-state index < -0.39 is 35.2 Å². The summed E-state index contributed by atoms with van der Waals surface area (Å²) in [5.74, 6) is -1.39. The molecule has 0 aliphatic carbocycles. The second-order valence-corrected chi connectivity index (χ2v) is 10.0. The number of ether oxygens (including phenoxy) is 2. The number of alkyl carbamates (subject to hydrolysis) is 1. The highest BCUT2D eigenvalue weighted by Crippen LogP contribution is 2.50. The quantitative estimate of drug-likeness (QED) is 0.602. The number of hydrogen-bond acceptors (Lipinski definition) is 5. The Bertz CT molecular complexity index is 1210. The number of aryl methyl sites for hydroxylation is 1. The Labute approximate surface area is 207 Å². The molecule has 2 aromatic carbocycles. The summed E-state index contributed by atoms with van der Waals surface area (Å²) < 4.78 is 10.9. The van der Waals surface area contributed by atoms with E-state index >= 15 is 0 Å². The lowest BCUT2D eigenvalue weighted by Gasteiger charge is -2.35. The zero-order valence-corrected chi connectivity index (χ0v) is 20.7. The number of halogens is 2. The van der Waals surface area contributed by atoms with Crippen LogP contribution in [0.5, 0.6) is 0 Å². The molecule has 0 aromatic heterocycles. The Morgan fingerprint density at radius 2 is 1.79 bits per heavy atom. The summed E-state index contributed by atoms with van der Waals surface area (Å²) >= 11 is 12.5. The molecular formula is C25H24Cl2N2O5. The van der Waals surface area contributed by atoms with Crippen molar-refractivity contribution in [1.29, 1.82) is 0 Å². The first-order chi connectivity index (χ1) is 16.0. The number of hydrogen-bond donors (Lipinski definition) is 1. The standard InChI is InChI=1S/C25H24Cl2N2O5/c1-14-9-8-12-16-19(14)29(13-15-10-6-5-7-11-15)22(31)25(16,28-23(32)34-24(2,3)4)20-17(26)18(27)21(30)33-20/h5-12,20H,13H2,1-4H3,(H,28,32)/t20-,25+/m0/s1. The SMILES string of the molecule is Cc1cccc2c1N(Cc1ccccc1)C(=O)[C@]2(NC(=O)OC(C)(C)C)[C@H]1OC(=O)C(Cl)=C1Cl. The predicted octanol–water partition coefficient (Wildman–Crippen LogP) is 4.88. The van der Waals surface area contributed by atoms with Gasteiger partial charge in [-0.3, -0.25) is 10.1 Å². The Balaban J connectivity index is 1.90. The summed E-state index contributed by atoms with van der Waals surface area (Å²) in [5, 5.41) is 2.21. The van der Waals surface area contributed by atoms with Crippen LogP contribution in [-0.2, 0) is 31.1 Å². The summed E-state index contributed by atoms with van der Waals surface area (Å²) in [6.45, 7) is 7.20. The lowest BCUT2D eigenvalue weighted by molar-refractivity contribution is -0.145. The number of esters is 1. The second-order valence-electron chi connectivity index (χ2n) is 9.23. The van der Waals surface area contributed by atoms with Crippen molar-refractivity contribution in [2.75, 3.05) is 4.90 Å². The van der Waals surface area contributed by atoms with E-state index in [0.29, 0.717) is 11.3 Å². The van der Waals surface area contributed by atoms with Crippen LogP contribution < -0.4 is 10.2 Å². The molecule has 0 fully saturated rings. The van der Waals surface area contributed by atoms with Gasteiger partial charge in [0.1, 0.15) is 10.6 Å². The molecule has 34 heavy (non-hydrogen) atoms. The maximum atomic E-state index is 14.2. The molecule has 0 unspecified atom stereocenters. The third-order valence-electron chi connectivity index (χ3n) is 5.63. The molecule has 2 aliphatic rings. The number of amides is 2. The monoisotopic (exact) mass is 502 g/mol. The molecule has 0 bridgehead atoms. The maximum Gasteiger partial charge on any atom is 0.408 e. The van der Waals surface area contributed by atoms with E-state index in [0.717, 1.165) is 11.1 Å². The summed E-state index contributed by atoms with van der Waals surface area (Å²) in [5.41, 5.74) is -0.0127. The molecule has 0 spiro atoms. The Kier molecular flexibility index (Phi) is 6.12. The number of nitrogens with one attached hydrogen (secondary N) is 1. The molecule has 0 radical (unpaired) electrons. The van der Waals surface area contributed by atoms with Crippen molar-refractivity contribution in [2.24, 2.45) is 0 Å². The fourth-order valence-corrected chi connectivity index (χ4v) is 4.72. The van der Waals surface area contributed by atoms with Gasteiger partial charge in [-0.25, -0.2) is 9.59 Å². The first-order valence-electron chi connectivity index (χ1n) is 10.7. The number of rotatable bonds is 4. The molecule has 2 aromatic rings. The fraction of sp³-hybridized carbons (Fsp3) is 0.320. The van der Waals surface area contributed by atoms with Gasteiger partial charge in [-0.1, -0.05) is 71.7 Å². The zero-order chi connectivity index (χ0) is 24.8. The van der Waals surface area contributed by atoms with Crippen LogP contribution >= 0.6 is 23.2 Å². The molecular weight excluding hydrogens is 479 g/mol. The predicted molar refractivity (Wildman–Crippen MR) is 128 cm³/mol. The van der Waals surface area contributed by atoms with Crippen molar-refractivity contribution in [3.05, 3.63) is 75.3 Å². The van der Waals surface area contributed by atoms with E-state index in [1.165, 1.54) is 0 Å². The summed E-state index contributed by atoms with van der Waals surface area (Å²) in [4.78, 5) is 41.1. The molecule has 2 amide bonds. The van der Waals surface area contributed by atoms with Crippen LogP contribution in [0.1, 0.15) is 37.5 Å². The minimum absolute atomic E-state index is 0.162. The van der Waals surface area contributed by atoms with Gasteiger partial charge < -0.3 is 14.4 Å². The van der Waals surface area contributed by atoms with E-state index in [1.807, 2.05) is 43.3 Å². The van der Waals surface area contributed by atoms with Crippen LogP contribution in [0.15, 0.2) is 58.6 Å². The molecule has 178 valence electrons. The van der Waals surface area contributed by atoms with Crippen LogP contribution in [0.4, 0.5) is 10.5 Å². The number of anilines is 1. The average Bonchev–Trinajstić information content (AvgIpc) is 3.15. The molecule has 1 N–H and O–H groups in total. The molecule has 0 saturated carbocycles. The maximum absolute atomic E-state index is 14.2. The van der Waals surface area contributed by atoms with Crippen LogP contribution in [0.25, 0.3) is 0 Å². The number of fused-ring (bicyclic) bond motifs is 1. The minimum atomic E-state index is -1.87. The summed E-state index contributed by atoms with van der Waals surface area (Å²) in [7, 11) is 0. The van der Waals surface area contributed by atoms with Crippen LogP contribution in [0, 0.1) is 6.92 Å². The Morgan fingerprint density at radius 1 is 1.12 bits per heavy atom. The number of carbonyl (C=O) groups is 3. The number of para-hydroxylation sites is 1. The number of benzene rings is 2. The number of carbonyl (C=O) groups excluding carboxylic acids is 3. The molecule has 2 aliphatic heterocycles. The number of nitrogens with zero attached hydrogens (tertiary/aromatic N) is 1. The van der Waals surface area contributed by atoms with E-state index in [9.17, 15) is 14.4 Å².